The standard InChI is InChI=1S/C26H39N5O8S2/c1-2-31(12-13-32)21(34)7-6-18-23(36)29-19-16-41-40-14-4-3-5-17(15-20(33)28-18)39-22(35)8-11-27-25(38)26(9-10-26)30-24(19)37/h3,5,17-19,32H,2,4,6-16H2,1H3,(H,27,38)(H,28,33)(H,29,36)(H,30,37)/b5-3+/t17-,18-,19-/m1/s1. The fraction of sp³-hybridized carbons (Fsp3) is 0.692. The number of nitrogens with zero attached hydrogens (tertiary/aromatic N) is 1. The monoisotopic (exact) mass is 613 g/mol. The third-order valence-corrected chi connectivity index (χ3v) is 9.35. The number of amides is 5. The molecule has 1 saturated heterocycles. The summed E-state index contributed by atoms with van der Waals surface area (Å²) in [6.07, 6.45) is 3.50. The molecule has 0 aromatic heterocycles. The summed E-state index contributed by atoms with van der Waals surface area (Å²) >= 11 is 0. The third-order valence-electron chi connectivity index (χ3n) is 6.90. The highest BCUT2D eigenvalue weighted by Crippen LogP contribution is 2.36. The molecule has 0 radical (unpaired) electrons. The Morgan fingerprint density at radius 3 is 2.63 bits per heavy atom. The van der Waals surface area contributed by atoms with Crippen LogP contribution < -0.4 is 21.3 Å². The number of allylic oxidation sites excluding steroid dienone is 1. The van der Waals surface area contributed by atoms with Crippen LogP contribution in [0.5, 0.6) is 0 Å². The van der Waals surface area contributed by atoms with Gasteiger partial charge in [0.25, 0.3) is 0 Å². The average molecular weight is 614 g/mol. The number of rotatable bonds is 6. The number of esters is 1. The summed E-state index contributed by atoms with van der Waals surface area (Å²) in [4.78, 5) is 79.4. The highest BCUT2D eigenvalue weighted by Gasteiger charge is 2.51. The van der Waals surface area contributed by atoms with Gasteiger partial charge < -0.3 is 36.0 Å². The van der Waals surface area contributed by atoms with Crippen LogP contribution in [-0.2, 0) is 33.5 Å². The van der Waals surface area contributed by atoms with Gasteiger partial charge in [-0.2, -0.15) is 0 Å². The Kier molecular flexibility index (Phi) is 12.8. The number of carbonyl (C=O) groups is 6. The van der Waals surface area contributed by atoms with E-state index in [9.17, 15) is 33.9 Å². The first-order valence-corrected chi connectivity index (χ1v) is 16.4. The highest BCUT2D eigenvalue weighted by atomic mass is 33.1. The van der Waals surface area contributed by atoms with Crippen molar-refractivity contribution in [2.75, 3.05) is 37.7 Å². The molecular formula is C26H39N5O8S2. The zero-order valence-electron chi connectivity index (χ0n) is 23.1. The molecule has 5 N–H and O–H groups in total. The van der Waals surface area contributed by atoms with Gasteiger partial charge in [0.15, 0.2) is 0 Å². The third kappa shape index (κ3) is 10.2. The first kappa shape index (κ1) is 32.7. The molecule has 3 rings (SSSR count). The second-order valence-corrected chi connectivity index (χ2v) is 12.7. The molecule has 2 fully saturated rings. The van der Waals surface area contributed by atoms with Gasteiger partial charge >= 0.3 is 5.97 Å². The number of fused-ring (bicyclic) bond motifs is 7. The van der Waals surface area contributed by atoms with E-state index >= 15 is 0 Å². The maximum absolute atomic E-state index is 13.5. The zero-order chi connectivity index (χ0) is 29.8. The zero-order valence-corrected chi connectivity index (χ0v) is 24.8. The van der Waals surface area contributed by atoms with E-state index < -0.39 is 53.3 Å². The van der Waals surface area contributed by atoms with Gasteiger partial charge in [-0.1, -0.05) is 27.7 Å². The maximum atomic E-state index is 13.5. The summed E-state index contributed by atoms with van der Waals surface area (Å²) in [7, 11) is 2.89. The summed E-state index contributed by atoms with van der Waals surface area (Å²) in [5, 5.41) is 20.0. The van der Waals surface area contributed by atoms with E-state index in [1.165, 1.54) is 26.5 Å². The van der Waals surface area contributed by atoms with E-state index in [0.29, 0.717) is 31.6 Å². The Morgan fingerprint density at radius 2 is 1.93 bits per heavy atom. The second kappa shape index (κ2) is 16.0. The van der Waals surface area contributed by atoms with E-state index in [2.05, 4.69) is 21.3 Å². The lowest BCUT2D eigenvalue weighted by Gasteiger charge is -2.26. The molecule has 1 spiro atoms. The van der Waals surface area contributed by atoms with Gasteiger partial charge in [-0.25, -0.2) is 0 Å². The van der Waals surface area contributed by atoms with Crippen LogP contribution in [0.3, 0.4) is 0 Å². The van der Waals surface area contributed by atoms with Crippen molar-refractivity contribution in [3.63, 3.8) is 0 Å². The Hall–Kier alpha value is -2.78. The number of nitrogens with one attached hydrogen (secondary N) is 4. The van der Waals surface area contributed by atoms with Gasteiger partial charge in [-0.3, -0.25) is 28.8 Å². The van der Waals surface area contributed by atoms with Gasteiger partial charge in [0.2, 0.25) is 29.5 Å². The van der Waals surface area contributed by atoms with Crippen LogP contribution in [-0.4, -0.2) is 107 Å². The van der Waals surface area contributed by atoms with Gasteiger partial charge in [0.05, 0.1) is 19.4 Å². The first-order valence-electron chi connectivity index (χ1n) is 13.9. The molecule has 15 heteroatoms. The number of ether oxygens (including phenoxy) is 1. The number of likely N-dealkylation sites (N-methyl/N-ethyl adjacent to an activating group) is 1. The first-order chi connectivity index (χ1) is 19.7. The molecule has 13 nitrogen and oxygen atoms in total. The molecule has 2 aliphatic heterocycles. The molecule has 0 aromatic rings. The van der Waals surface area contributed by atoms with E-state index in [0.717, 1.165) is 0 Å². The van der Waals surface area contributed by atoms with Crippen molar-refractivity contribution in [1.29, 1.82) is 0 Å². The van der Waals surface area contributed by atoms with Crippen LogP contribution in [0.15, 0.2) is 12.2 Å². The smallest absolute Gasteiger partial charge is 0.308 e. The molecule has 41 heavy (non-hydrogen) atoms. The fourth-order valence-corrected chi connectivity index (χ4v) is 6.54. The lowest BCUT2D eigenvalue weighted by molar-refractivity contribution is -0.148. The van der Waals surface area contributed by atoms with Crippen molar-refractivity contribution < 1.29 is 38.6 Å². The Labute approximate surface area is 247 Å². The normalized spacial score (nSPS) is 26.8. The van der Waals surface area contributed by atoms with Crippen molar-refractivity contribution >= 4 is 57.1 Å². The molecule has 3 aliphatic rings. The second-order valence-electron chi connectivity index (χ2n) is 10.0. The molecule has 2 bridgehead atoms. The number of hydrogen-bond acceptors (Lipinski definition) is 10. The van der Waals surface area contributed by atoms with E-state index in [1.54, 1.807) is 13.0 Å². The van der Waals surface area contributed by atoms with Crippen LogP contribution in [0.25, 0.3) is 0 Å². The number of carbonyl (C=O) groups excluding carboxylic acids is 6. The van der Waals surface area contributed by atoms with E-state index in [4.69, 9.17) is 4.74 Å². The lowest BCUT2D eigenvalue weighted by Crippen LogP contribution is -2.58. The highest BCUT2D eigenvalue weighted by molar-refractivity contribution is 8.76. The van der Waals surface area contributed by atoms with Crippen LogP contribution in [0.4, 0.5) is 0 Å². The number of hydrogen-bond donors (Lipinski definition) is 5. The molecule has 228 valence electrons. The predicted molar refractivity (Wildman–Crippen MR) is 153 cm³/mol. The van der Waals surface area contributed by atoms with E-state index in [-0.39, 0.29) is 57.0 Å². The molecule has 0 unspecified atom stereocenters. The predicted octanol–water partition coefficient (Wildman–Crippen LogP) is -0.611. The van der Waals surface area contributed by atoms with Crippen molar-refractivity contribution in [2.45, 2.75) is 75.6 Å². The SMILES string of the molecule is CCN(CCO)C(=O)CC[C@H]1NC(=O)C[C@H]2/C=C/CCSSC[C@@H](NC1=O)C(=O)NC1(CC1)C(=O)NCCC(=O)O2. The lowest BCUT2D eigenvalue weighted by atomic mass is 10.1. The van der Waals surface area contributed by atoms with Crippen molar-refractivity contribution in [3.05, 3.63) is 12.2 Å². The molecule has 0 aromatic carbocycles. The van der Waals surface area contributed by atoms with Crippen LogP contribution in [0, 0.1) is 0 Å². The molecule has 2 heterocycles. The summed E-state index contributed by atoms with van der Waals surface area (Å²) < 4.78 is 5.51. The fourth-order valence-electron chi connectivity index (χ4n) is 4.39. The van der Waals surface area contributed by atoms with Crippen molar-refractivity contribution in [3.8, 4) is 0 Å². The Balaban J connectivity index is 1.89. The molecule has 1 saturated carbocycles. The quantitative estimate of drug-likeness (QED) is 0.147. The summed E-state index contributed by atoms with van der Waals surface area (Å²) in [5.41, 5.74) is -1.11. The molecular weight excluding hydrogens is 574 g/mol. The van der Waals surface area contributed by atoms with Crippen molar-refractivity contribution in [1.82, 2.24) is 26.2 Å². The van der Waals surface area contributed by atoms with Gasteiger partial charge in [0.1, 0.15) is 23.7 Å². The number of aliphatic hydroxyl groups is 1. The minimum atomic E-state index is -1.16. The molecule has 1 aliphatic carbocycles. The minimum absolute atomic E-state index is 0.00569. The van der Waals surface area contributed by atoms with Crippen LogP contribution in [0.2, 0.25) is 0 Å². The van der Waals surface area contributed by atoms with E-state index in [1.807, 2.05) is 6.08 Å². The van der Waals surface area contributed by atoms with Crippen molar-refractivity contribution in [2.24, 2.45) is 0 Å². The number of aliphatic hydroxyl groups excluding tert-OH is 1. The van der Waals surface area contributed by atoms with Gasteiger partial charge in [-0.05, 0) is 38.7 Å². The topological polar surface area (TPSA) is 183 Å². The van der Waals surface area contributed by atoms with Crippen LogP contribution in [0.1, 0.15) is 51.9 Å². The molecule has 5 amide bonds. The van der Waals surface area contributed by atoms with Gasteiger partial charge in [0, 0.05) is 37.6 Å². The Bertz CT molecular complexity index is 1020. The molecule has 3 atom stereocenters. The minimum Gasteiger partial charge on any atom is -0.458 e. The van der Waals surface area contributed by atoms with Gasteiger partial charge in [-0.15, -0.1) is 0 Å². The Morgan fingerprint density at radius 1 is 1.15 bits per heavy atom. The van der Waals surface area contributed by atoms with Crippen LogP contribution >= 0.6 is 21.6 Å². The summed E-state index contributed by atoms with van der Waals surface area (Å²) in [6, 6.07) is -2.16. The maximum Gasteiger partial charge on any atom is 0.308 e. The largest absolute Gasteiger partial charge is 0.458 e. The average Bonchev–Trinajstić information content (AvgIpc) is 3.71. The summed E-state index contributed by atoms with van der Waals surface area (Å²) in [5.74, 6) is -2.19. The summed E-state index contributed by atoms with van der Waals surface area (Å²) in [6.45, 7) is 2.08.